The third-order valence-corrected chi connectivity index (χ3v) is 2.96. The van der Waals surface area contributed by atoms with Crippen LogP contribution >= 0.6 is 23.2 Å². The first-order valence-electron chi connectivity index (χ1n) is 5.22. The summed E-state index contributed by atoms with van der Waals surface area (Å²) in [4.78, 5) is 0. The summed E-state index contributed by atoms with van der Waals surface area (Å²) in [7, 11) is 4.69. The van der Waals surface area contributed by atoms with E-state index in [2.05, 4.69) is 0 Å². The molecule has 0 aliphatic rings. The van der Waals surface area contributed by atoms with E-state index in [0.29, 0.717) is 28.2 Å². The Morgan fingerprint density at radius 3 is 2.06 bits per heavy atom. The van der Waals surface area contributed by atoms with Crippen molar-refractivity contribution in [3.8, 4) is 17.2 Å². The molecule has 0 saturated heterocycles. The number of methoxy groups -OCH3 is 3. The van der Waals surface area contributed by atoms with Crippen LogP contribution in [0.1, 0.15) is 12.0 Å². The Balaban J connectivity index is 3.26. The Bertz CT molecular complexity index is 381. The van der Waals surface area contributed by atoms with Crippen molar-refractivity contribution in [2.45, 2.75) is 12.8 Å². The lowest BCUT2D eigenvalue weighted by atomic mass is 10.1. The monoisotopic (exact) mass is 278 g/mol. The van der Waals surface area contributed by atoms with Crippen LogP contribution in [0.4, 0.5) is 0 Å². The third kappa shape index (κ3) is 3.11. The van der Waals surface area contributed by atoms with Gasteiger partial charge in [0.05, 0.1) is 26.4 Å². The van der Waals surface area contributed by atoms with E-state index in [-0.39, 0.29) is 0 Å². The minimum absolute atomic E-state index is 0.487. The van der Waals surface area contributed by atoms with Crippen molar-refractivity contribution in [3.05, 3.63) is 16.7 Å². The quantitative estimate of drug-likeness (QED) is 0.745. The Hall–Kier alpha value is -0.800. The zero-order valence-corrected chi connectivity index (χ0v) is 11.7. The summed E-state index contributed by atoms with van der Waals surface area (Å²) in [5.74, 6) is 2.25. The highest BCUT2D eigenvalue weighted by Gasteiger charge is 2.19. The fourth-order valence-corrected chi connectivity index (χ4v) is 2.11. The topological polar surface area (TPSA) is 27.7 Å². The summed E-state index contributed by atoms with van der Waals surface area (Å²) in [6.07, 6.45) is 1.64. The molecule has 0 unspecified atom stereocenters. The number of hydrogen-bond donors (Lipinski definition) is 0. The van der Waals surface area contributed by atoms with Crippen LogP contribution in [0.2, 0.25) is 5.02 Å². The standard InChI is InChI=1S/C12H16Cl2O3/c1-15-10-8(5-4-6-13)7-9(14)11(16-2)12(10)17-3/h7H,4-6H2,1-3H3. The van der Waals surface area contributed by atoms with Gasteiger partial charge in [-0.15, -0.1) is 11.6 Å². The molecule has 1 aromatic carbocycles. The summed E-state index contributed by atoms with van der Waals surface area (Å²) in [5.41, 5.74) is 0.968. The van der Waals surface area contributed by atoms with Crippen LogP contribution in [0.15, 0.2) is 6.07 Å². The number of aryl methyl sites for hydroxylation is 1. The summed E-state index contributed by atoms with van der Waals surface area (Å²) >= 11 is 11.8. The number of ether oxygens (including phenoxy) is 3. The van der Waals surface area contributed by atoms with Crippen molar-refractivity contribution in [1.29, 1.82) is 0 Å². The molecule has 0 bridgehead atoms. The molecule has 0 spiro atoms. The fourth-order valence-electron chi connectivity index (χ4n) is 1.68. The van der Waals surface area contributed by atoms with E-state index < -0.39 is 0 Å². The van der Waals surface area contributed by atoms with Gasteiger partial charge in [-0.1, -0.05) is 11.6 Å². The molecule has 0 heterocycles. The maximum atomic E-state index is 6.13. The van der Waals surface area contributed by atoms with Crippen molar-refractivity contribution in [1.82, 2.24) is 0 Å². The molecular weight excluding hydrogens is 263 g/mol. The van der Waals surface area contributed by atoms with Gasteiger partial charge in [0.25, 0.3) is 0 Å². The van der Waals surface area contributed by atoms with Crippen LogP contribution in [-0.2, 0) is 6.42 Å². The first-order chi connectivity index (χ1) is 8.19. The predicted octanol–water partition coefficient (Wildman–Crippen LogP) is 3.54. The number of hydrogen-bond acceptors (Lipinski definition) is 3. The van der Waals surface area contributed by atoms with E-state index in [1.165, 1.54) is 0 Å². The van der Waals surface area contributed by atoms with Crippen LogP contribution in [0.3, 0.4) is 0 Å². The van der Waals surface area contributed by atoms with Crippen molar-refractivity contribution in [2.24, 2.45) is 0 Å². The number of benzene rings is 1. The number of halogens is 2. The highest BCUT2D eigenvalue weighted by molar-refractivity contribution is 6.32. The first kappa shape index (κ1) is 14.3. The van der Waals surface area contributed by atoms with Crippen molar-refractivity contribution in [3.63, 3.8) is 0 Å². The first-order valence-corrected chi connectivity index (χ1v) is 6.14. The van der Waals surface area contributed by atoms with Crippen LogP contribution in [0, 0.1) is 0 Å². The molecule has 0 aliphatic heterocycles. The largest absolute Gasteiger partial charge is 0.492 e. The SMILES string of the molecule is COc1c(Cl)cc(CCCCl)c(OC)c1OC. The van der Waals surface area contributed by atoms with Crippen molar-refractivity contribution >= 4 is 23.2 Å². The smallest absolute Gasteiger partial charge is 0.205 e. The Morgan fingerprint density at radius 2 is 1.59 bits per heavy atom. The summed E-state index contributed by atoms with van der Waals surface area (Å²) < 4.78 is 15.9. The van der Waals surface area contributed by atoms with E-state index in [4.69, 9.17) is 37.4 Å². The van der Waals surface area contributed by atoms with Crippen molar-refractivity contribution < 1.29 is 14.2 Å². The van der Waals surface area contributed by atoms with Crippen molar-refractivity contribution in [2.75, 3.05) is 27.2 Å². The van der Waals surface area contributed by atoms with Crippen LogP contribution in [-0.4, -0.2) is 27.2 Å². The lowest BCUT2D eigenvalue weighted by Crippen LogP contribution is -2.00. The summed E-state index contributed by atoms with van der Waals surface area (Å²) in [6, 6.07) is 1.83. The minimum Gasteiger partial charge on any atom is -0.492 e. The lowest BCUT2D eigenvalue weighted by Gasteiger charge is -2.16. The molecule has 0 fully saturated rings. The van der Waals surface area contributed by atoms with Gasteiger partial charge in [0.1, 0.15) is 0 Å². The lowest BCUT2D eigenvalue weighted by molar-refractivity contribution is 0.322. The van der Waals surface area contributed by atoms with E-state index in [0.717, 1.165) is 18.4 Å². The zero-order chi connectivity index (χ0) is 12.8. The van der Waals surface area contributed by atoms with E-state index in [1.54, 1.807) is 21.3 Å². The highest BCUT2D eigenvalue weighted by atomic mass is 35.5. The second-order valence-electron chi connectivity index (χ2n) is 3.41. The molecule has 17 heavy (non-hydrogen) atoms. The normalized spacial score (nSPS) is 10.2. The van der Waals surface area contributed by atoms with Gasteiger partial charge in [-0.05, 0) is 24.5 Å². The fraction of sp³-hybridized carbons (Fsp3) is 0.500. The van der Waals surface area contributed by atoms with Gasteiger partial charge in [0.2, 0.25) is 5.75 Å². The second kappa shape index (κ2) is 6.82. The molecule has 0 atom stereocenters. The highest BCUT2D eigenvalue weighted by Crippen LogP contribution is 2.45. The molecule has 0 aromatic heterocycles. The average molecular weight is 279 g/mol. The Kier molecular flexibility index (Phi) is 5.72. The second-order valence-corrected chi connectivity index (χ2v) is 4.19. The average Bonchev–Trinajstić information content (AvgIpc) is 2.35. The molecule has 0 aliphatic carbocycles. The summed E-state index contributed by atoms with van der Waals surface area (Å²) in [6.45, 7) is 0. The Labute approximate surface area is 112 Å². The molecule has 0 amide bonds. The van der Waals surface area contributed by atoms with E-state index in [1.807, 2.05) is 6.07 Å². The Morgan fingerprint density at radius 1 is 1.00 bits per heavy atom. The molecule has 1 aromatic rings. The predicted molar refractivity (Wildman–Crippen MR) is 70.1 cm³/mol. The van der Waals surface area contributed by atoms with Crippen LogP contribution in [0.25, 0.3) is 0 Å². The van der Waals surface area contributed by atoms with E-state index >= 15 is 0 Å². The molecule has 3 nitrogen and oxygen atoms in total. The molecule has 96 valence electrons. The number of rotatable bonds is 6. The molecule has 0 N–H and O–H groups in total. The maximum absolute atomic E-state index is 6.13. The molecule has 5 heteroatoms. The van der Waals surface area contributed by atoms with Gasteiger partial charge < -0.3 is 14.2 Å². The summed E-state index contributed by atoms with van der Waals surface area (Å²) in [5, 5.41) is 0.509. The van der Waals surface area contributed by atoms with Gasteiger partial charge in [-0.3, -0.25) is 0 Å². The van der Waals surface area contributed by atoms with Gasteiger partial charge in [0, 0.05) is 5.88 Å². The molecule has 0 radical (unpaired) electrons. The maximum Gasteiger partial charge on any atom is 0.205 e. The van der Waals surface area contributed by atoms with Crippen LogP contribution < -0.4 is 14.2 Å². The number of alkyl halides is 1. The molecule has 0 saturated carbocycles. The molecule has 1 rings (SSSR count). The van der Waals surface area contributed by atoms with Gasteiger partial charge in [-0.25, -0.2) is 0 Å². The molecular formula is C12H16Cl2O3. The third-order valence-electron chi connectivity index (χ3n) is 2.41. The van der Waals surface area contributed by atoms with Crippen LogP contribution in [0.5, 0.6) is 17.2 Å². The van der Waals surface area contributed by atoms with Gasteiger partial charge in [0.15, 0.2) is 11.5 Å². The van der Waals surface area contributed by atoms with E-state index in [9.17, 15) is 0 Å². The minimum atomic E-state index is 0.487. The van der Waals surface area contributed by atoms with Gasteiger partial charge >= 0.3 is 0 Å². The zero-order valence-electron chi connectivity index (χ0n) is 10.2. The van der Waals surface area contributed by atoms with Gasteiger partial charge in [-0.2, -0.15) is 0 Å².